The van der Waals surface area contributed by atoms with Crippen LogP contribution < -0.4 is 5.73 Å². The lowest BCUT2D eigenvalue weighted by molar-refractivity contribution is 1.30. The van der Waals surface area contributed by atoms with Gasteiger partial charge in [-0.25, -0.2) is 0 Å². The highest BCUT2D eigenvalue weighted by atomic mass is 14.6. The Balaban J connectivity index is 4.00. The lowest BCUT2D eigenvalue weighted by atomic mass is 10.2. The SMILES string of the molecule is C=C(C)/C(N)=C\C=C/C. The van der Waals surface area contributed by atoms with Crippen LogP contribution in [0.3, 0.4) is 0 Å². The van der Waals surface area contributed by atoms with Gasteiger partial charge in [0.1, 0.15) is 0 Å². The van der Waals surface area contributed by atoms with Gasteiger partial charge in [-0.3, -0.25) is 0 Å². The van der Waals surface area contributed by atoms with Crippen molar-refractivity contribution in [1.82, 2.24) is 0 Å². The Labute approximate surface area is 56.6 Å². The molecule has 0 heterocycles. The molecule has 0 unspecified atom stereocenters. The molecule has 0 aromatic rings. The van der Waals surface area contributed by atoms with E-state index in [0.29, 0.717) is 0 Å². The molecule has 0 bridgehead atoms. The van der Waals surface area contributed by atoms with Crippen molar-refractivity contribution >= 4 is 0 Å². The Kier molecular flexibility index (Phi) is 3.52. The maximum Gasteiger partial charge on any atom is 0.0337 e. The largest absolute Gasteiger partial charge is 0.399 e. The van der Waals surface area contributed by atoms with Gasteiger partial charge in [0.05, 0.1) is 0 Å². The zero-order valence-electron chi connectivity index (χ0n) is 6.02. The first kappa shape index (κ1) is 8.02. The molecule has 50 valence electrons. The predicted octanol–water partition coefficient (Wildman–Crippen LogP) is 1.98. The Morgan fingerprint density at radius 1 is 1.56 bits per heavy atom. The third-order valence-corrected chi connectivity index (χ3v) is 0.961. The molecule has 9 heavy (non-hydrogen) atoms. The molecular weight excluding hydrogens is 110 g/mol. The van der Waals surface area contributed by atoms with Gasteiger partial charge in [-0.2, -0.15) is 0 Å². The van der Waals surface area contributed by atoms with Gasteiger partial charge in [0, 0.05) is 5.70 Å². The van der Waals surface area contributed by atoms with Crippen LogP contribution in [0.1, 0.15) is 13.8 Å². The van der Waals surface area contributed by atoms with E-state index in [4.69, 9.17) is 5.73 Å². The maximum atomic E-state index is 5.51. The average Bonchev–Trinajstić information content (AvgIpc) is 1.82. The Morgan fingerprint density at radius 2 is 2.11 bits per heavy atom. The van der Waals surface area contributed by atoms with E-state index in [1.807, 2.05) is 32.1 Å². The highest BCUT2D eigenvalue weighted by Crippen LogP contribution is 1.97. The molecule has 0 aliphatic carbocycles. The van der Waals surface area contributed by atoms with Crippen LogP contribution in [0.2, 0.25) is 0 Å². The molecule has 0 amide bonds. The van der Waals surface area contributed by atoms with Crippen LogP contribution in [0, 0.1) is 0 Å². The minimum atomic E-state index is 0.744. The molecule has 0 aliphatic rings. The number of hydrogen-bond acceptors (Lipinski definition) is 1. The van der Waals surface area contributed by atoms with E-state index >= 15 is 0 Å². The van der Waals surface area contributed by atoms with Crippen molar-refractivity contribution in [3.05, 3.63) is 36.1 Å². The van der Waals surface area contributed by atoms with E-state index < -0.39 is 0 Å². The first-order chi connectivity index (χ1) is 4.18. The molecule has 0 rings (SSSR count). The molecule has 0 fully saturated rings. The summed E-state index contributed by atoms with van der Waals surface area (Å²) in [5.41, 5.74) is 7.17. The summed E-state index contributed by atoms with van der Waals surface area (Å²) in [6, 6.07) is 0. The molecule has 0 atom stereocenters. The fraction of sp³-hybridized carbons (Fsp3) is 0.250. The van der Waals surface area contributed by atoms with Crippen molar-refractivity contribution < 1.29 is 0 Å². The fourth-order valence-electron chi connectivity index (χ4n) is 0.342. The molecule has 0 aromatic carbocycles. The lowest BCUT2D eigenvalue weighted by Crippen LogP contribution is -1.95. The fourth-order valence-corrected chi connectivity index (χ4v) is 0.342. The quantitative estimate of drug-likeness (QED) is 0.558. The Morgan fingerprint density at radius 3 is 2.44 bits per heavy atom. The van der Waals surface area contributed by atoms with Gasteiger partial charge in [-0.1, -0.05) is 18.7 Å². The average molecular weight is 123 g/mol. The van der Waals surface area contributed by atoms with E-state index in [2.05, 4.69) is 6.58 Å². The van der Waals surface area contributed by atoms with E-state index in [-0.39, 0.29) is 0 Å². The third-order valence-electron chi connectivity index (χ3n) is 0.961. The van der Waals surface area contributed by atoms with E-state index in [1.54, 1.807) is 0 Å². The topological polar surface area (TPSA) is 26.0 Å². The molecule has 1 nitrogen and oxygen atoms in total. The summed E-state index contributed by atoms with van der Waals surface area (Å²) in [5, 5.41) is 0. The van der Waals surface area contributed by atoms with Gasteiger partial charge < -0.3 is 5.73 Å². The molecular formula is C8H13N. The minimum absolute atomic E-state index is 0.744. The van der Waals surface area contributed by atoms with E-state index in [9.17, 15) is 0 Å². The number of nitrogens with two attached hydrogens (primary N) is 1. The standard InChI is InChI=1S/C8H13N/c1-4-5-6-8(9)7(2)3/h4-6H,2,9H2,1,3H3/b5-4-,8-6+. The van der Waals surface area contributed by atoms with Gasteiger partial charge in [-0.05, 0) is 25.5 Å². The number of hydrogen-bond donors (Lipinski definition) is 1. The molecule has 1 heteroatoms. The molecule has 0 saturated heterocycles. The normalized spacial score (nSPS) is 12.4. The molecule has 0 aromatic heterocycles. The van der Waals surface area contributed by atoms with Crippen molar-refractivity contribution in [1.29, 1.82) is 0 Å². The molecule has 0 radical (unpaired) electrons. The Bertz CT molecular complexity index is 152. The second kappa shape index (κ2) is 3.96. The highest BCUT2D eigenvalue weighted by molar-refractivity contribution is 5.26. The van der Waals surface area contributed by atoms with Crippen LogP contribution in [-0.2, 0) is 0 Å². The minimum Gasteiger partial charge on any atom is -0.399 e. The number of rotatable bonds is 2. The zero-order valence-corrected chi connectivity index (χ0v) is 6.02. The summed E-state index contributed by atoms with van der Waals surface area (Å²) in [5.74, 6) is 0. The van der Waals surface area contributed by atoms with Crippen LogP contribution in [0.4, 0.5) is 0 Å². The smallest absolute Gasteiger partial charge is 0.0337 e. The van der Waals surface area contributed by atoms with Crippen molar-refractivity contribution in [3.63, 3.8) is 0 Å². The maximum absolute atomic E-state index is 5.51. The monoisotopic (exact) mass is 123 g/mol. The highest BCUT2D eigenvalue weighted by Gasteiger charge is 1.83. The van der Waals surface area contributed by atoms with Crippen molar-refractivity contribution in [2.24, 2.45) is 5.73 Å². The number of allylic oxidation sites excluding steroid dienone is 4. The molecule has 0 saturated carbocycles. The Hall–Kier alpha value is -0.980. The van der Waals surface area contributed by atoms with Gasteiger partial charge in [0.25, 0.3) is 0 Å². The summed E-state index contributed by atoms with van der Waals surface area (Å²) < 4.78 is 0. The van der Waals surface area contributed by atoms with Crippen LogP contribution in [0.25, 0.3) is 0 Å². The van der Waals surface area contributed by atoms with Crippen LogP contribution >= 0.6 is 0 Å². The van der Waals surface area contributed by atoms with Crippen molar-refractivity contribution in [2.45, 2.75) is 13.8 Å². The predicted molar refractivity (Wildman–Crippen MR) is 41.9 cm³/mol. The van der Waals surface area contributed by atoms with Crippen molar-refractivity contribution in [2.75, 3.05) is 0 Å². The third kappa shape index (κ3) is 3.59. The summed E-state index contributed by atoms with van der Waals surface area (Å²) >= 11 is 0. The summed E-state index contributed by atoms with van der Waals surface area (Å²) in [7, 11) is 0. The van der Waals surface area contributed by atoms with E-state index in [1.165, 1.54) is 0 Å². The molecule has 0 spiro atoms. The first-order valence-electron chi connectivity index (χ1n) is 2.92. The summed E-state index contributed by atoms with van der Waals surface area (Å²) in [4.78, 5) is 0. The molecule has 0 aliphatic heterocycles. The van der Waals surface area contributed by atoms with Crippen LogP contribution in [0.5, 0.6) is 0 Å². The molecule has 2 N–H and O–H groups in total. The van der Waals surface area contributed by atoms with Gasteiger partial charge >= 0.3 is 0 Å². The van der Waals surface area contributed by atoms with E-state index in [0.717, 1.165) is 11.3 Å². The summed E-state index contributed by atoms with van der Waals surface area (Å²) in [6.07, 6.45) is 5.65. The first-order valence-corrected chi connectivity index (χ1v) is 2.92. The van der Waals surface area contributed by atoms with Crippen molar-refractivity contribution in [3.8, 4) is 0 Å². The van der Waals surface area contributed by atoms with Crippen LogP contribution in [-0.4, -0.2) is 0 Å². The zero-order chi connectivity index (χ0) is 7.28. The van der Waals surface area contributed by atoms with Gasteiger partial charge in [0.2, 0.25) is 0 Å². The van der Waals surface area contributed by atoms with Gasteiger partial charge in [-0.15, -0.1) is 0 Å². The summed E-state index contributed by atoms with van der Waals surface area (Å²) in [6.45, 7) is 7.51. The van der Waals surface area contributed by atoms with Gasteiger partial charge in [0.15, 0.2) is 0 Å². The second-order valence-corrected chi connectivity index (χ2v) is 1.93. The van der Waals surface area contributed by atoms with Crippen LogP contribution in [0.15, 0.2) is 36.1 Å². The lowest BCUT2D eigenvalue weighted by Gasteiger charge is -1.93. The second-order valence-electron chi connectivity index (χ2n) is 1.93.